The third-order valence-electron chi connectivity index (χ3n) is 6.34. The van der Waals surface area contributed by atoms with E-state index in [9.17, 15) is 13.2 Å². The Morgan fingerprint density at radius 1 is 0.943 bits per heavy atom. The molecule has 3 aromatic carbocycles. The Kier molecular flexibility index (Phi) is 8.09. The van der Waals surface area contributed by atoms with Crippen LogP contribution in [-0.2, 0) is 4.74 Å². The van der Waals surface area contributed by atoms with Crippen LogP contribution in [0, 0.1) is 23.4 Å². The highest BCUT2D eigenvalue weighted by molar-refractivity contribution is 5.71. The molecule has 182 valence electrons. The summed E-state index contributed by atoms with van der Waals surface area (Å²) in [5, 5.41) is 0. The number of halogens is 3. The summed E-state index contributed by atoms with van der Waals surface area (Å²) < 4.78 is 55.4. The van der Waals surface area contributed by atoms with Crippen molar-refractivity contribution in [2.45, 2.75) is 32.3 Å². The van der Waals surface area contributed by atoms with Gasteiger partial charge in [-0.05, 0) is 61.1 Å². The fourth-order valence-corrected chi connectivity index (χ4v) is 4.29. The lowest BCUT2D eigenvalue weighted by atomic mass is 9.93. The van der Waals surface area contributed by atoms with Gasteiger partial charge in [-0.1, -0.05) is 54.6 Å². The third-order valence-corrected chi connectivity index (χ3v) is 6.34. The summed E-state index contributed by atoms with van der Waals surface area (Å²) in [4.78, 5) is 0. The smallest absolute Gasteiger partial charge is 0.201 e. The fraction of sp³-hybridized carbons (Fsp3) is 0.267. The van der Waals surface area contributed by atoms with Gasteiger partial charge in [0, 0.05) is 17.0 Å². The zero-order chi connectivity index (χ0) is 24.8. The van der Waals surface area contributed by atoms with E-state index in [0.717, 1.165) is 18.4 Å². The molecule has 35 heavy (non-hydrogen) atoms. The Morgan fingerprint density at radius 3 is 2.29 bits per heavy atom. The van der Waals surface area contributed by atoms with Crippen LogP contribution in [0.15, 0.2) is 79.4 Å². The Hall–Kier alpha value is -3.31. The molecule has 0 radical (unpaired) electrons. The summed E-state index contributed by atoms with van der Waals surface area (Å²) in [5.74, 6) is -2.10. The Balaban J connectivity index is 1.49. The molecule has 0 amide bonds. The molecular formula is C30H29F3O2. The SMILES string of the molecule is C=CC1CCC(c2ccc(-c3ccc(-c4ccc(OCC/C=C\C)c(F)c4F)cc3)c(F)c2)OC1. The van der Waals surface area contributed by atoms with Gasteiger partial charge in [0.2, 0.25) is 5.82 Å². The number of ether oxygens (including phenoxy) is 2. The topological polar surface area (TPSA) is 18.5 Å². The zero-order valence-corrected chi connectivity index (χ0v) is 19.8. The molecule has 2 unspecified atom stereocenters. The van der Waals surface area contributed by atoms with Crippen molar-refractivity contribution in [3.63, 3.8) is 0 Å². The van der Waals surface area contributed by atoms with Crippen LogP contribution in [0.4, 0.5) is 13.2 Å². The van der Waals surface area contributed by atoms with Crippen molar-refractivity contribution in [1.82, 2.24) is 0 Å². The van der Waals surface area contributed by atoms with Gasteiger partial charge in [-0.3, -0.25) is 0 Å². The van der Waals surface area contributed by atoms with Gasteiger partial charge in [0.25, 0.3) is 0 Å². The molecular weight excluding hydrogens is 449 g/mol. The Labute approximate surface area is 204 Å². The summed E-state index contributed by atoms with van der Waals surface area (Å²) in [6, 6.07) is 14.8. The van der Waals surface area contributed by atoms with Crippen LogP contribution < -0.4 is 4.74 Å². The normalized spacial score (nSPS) is 18.1. The monoisotopic (exact) mass is 478 g/mol. The van der Waals surface area contributed by atoms with E-state index in [1.165, 1.54) is 18.2 Å². The molecule has 2 nitrogen and oxygen atoms in total. The third kappa shape index (κ3) is 5.68. The lowest BCUT2D eigenvalue weighted by Gasteiger charge is -2.27. The second-order valence-electron chi connectivity index (χ2n) is 8.66. The van der Waals surface area contributed by atoms with Gasteiger partial charge in [-0.15, -0.1) is 6.58 Å². The molecule has 1 saturated heterocycles. The van der Waals surface area contributed by atoms with Crippen LogP contribution in [0.2, 0.25) is 0 Å². The largest absolute Gasteiger partial charge is 0.490 e. The molecule has 0 aliphatic carbocycles. The van der Waals surface area contributed by atoms with Crippen LogP contribution in [-0.4, -0.2) is 13.2 Å². The summed E-state index contributed by atoms with van der Waals surface area (Å²) in [6.45, 7) is 6.55. The van der Waals surface area contributed by atoms with E-state index in [4.69, 9.17) is 9.47 Å². The van der Waals surface area contributed by atoms with E-state index < -0.39 is 11.6 Å². The second-order valence-corrected chi connectivity index (χ2v) is 8.66. The maximum atomic E-state index is 15.0. The summed E-state index contributed by atoms with van der Waals surface area (Å²) >= 11 is 0. The first-order valence-corrected chi connectivity index (χ1v) is 11.9. The first-order chi connectivity index (χ1) is 17.0. The quantitative estimate of drug-likeness (QED) is 0.239. The first-order valence-electron chi connectivity index (χ1n) is 11.9. The minimum Gasteiger partial charge on any atom is -0.490 e. The zero-order valence-electron chi connectivity index (χ0n) is 19.8. The molecule has 0 bridgehead atoms. The average molecular weight is 479 g/mol. The van der Waals surface area contributed by atoms with Gasteiger partial charge in [0.1, 0.15) is 5.82 Å². The van der Waals surface area contributed by atoms with E-state index in [2.05, 4.69) is 6.58 Å². The van der Waals surface area contributed by atoms with Crippen molar-refractivity contribution >= 4 is 0 Å². The fourth-order valence-electron chi connectivity index (χ4n) is 4.29. The Bertz CT molecular complexity index is 1190. The van der Waals surface area contributed by atoms with Gasteiger partial charge in [0.05, 0.1) is 19.3 Å². The number of allylic oxidation sites excluding steroid dienone is 1. The minimum absolute atomic E-state index is 0.114. The summed E-state index contributed by atoms with van der Waals surface area (Å²) in [7, 11) is 0. The molecule has 0 spiro atoms. The van der Waals surface area contributed by atoms with Crippen molar-refractivity contribution in [3.05, 3.63) is 102 Å². The Morgan fingerprint density at radius 2 is 1.66 bits per heavy atom. The van der Waals surface area contributed by atoms with Gasteiger partial charge in [-0.25, -0.2) is 8.78 Å². The molecule has 1 fully saturated rings. The standard InChI is InChI=1S/C30H29F3O2/c1-3-5-6-17-34-28-16-14-25(29(32)30(28)33)22-10-8-21(9-11-22)24-13-12-23(18-26(24)31)27-15-7-20(4-2)19-35-27/h3-5,8-14,16,18,20,27H,2,6-7,15,17,19H2,1H3/b5-3-. The van der Waals surface area contributed by atoms with E-state index in [1.54, 1.807) is 30.3 Å². The van der Waals surface area contributed by atoms with Crippen molar-refractivity contribution < 1.29 is 22.6 Å². The number of hydrogen-bond acceptors (Lipinski definition) is 2. The molecule has 0 saturated carbocycles. The average Bonchev–Trinajstić information content (AvgIpc) is 2.89. The predicted octanol–water partition coefficient (Wildman–Crippen LogP) is 8.44. The van der Waals surface area contributed by atoms with Crippen molar-refractivity contribution in [2.24, 2.45) is 5.92 Å². The molecule has 3 aromatic rings. The van der Waals surface area contributed by atoms with E-state index in [1.807, 2.05) is 31.2 Å². The van der Waals surface area contributed by atoms with Crippen LogP contribution in [0.3, 0.4) is 0 Å². The highest BCUT2D eigenvalue weighted by atomic mass is 19.2. The molecule has 1 aliphatic rings. The molecule has 4 rings (SSSR count). The first kappa shape index (κ1) is 24.8. The molecule has 5 heteroatoms. The van der Waals surface area contributed by atoms with Gasteiger partial charge < -0.3 is 9.47 Å². The van der Waals surface area contributed by atoms with Crippen molar-refractivity contribution in [2.75, 3.05) is 13.2 Å². The molecule has 0 N–H and O–H groups in total. The summed E-state index contributed by atoms with van der Waals surface area (Å²) in [6.07, 6.45) is 7.95. The summed E-state index contributed by atoms with van der Waals surface area (Å²) in [5.41, 5.74) is 2.53. The molecule has 1 heterocycles. The van der Waals surface area contributed by atoms with Crippen LogP contribution in [0.5, 0.6) is 5.75 Å². The van der Waals surface area contributed by atoms with Gasteiger partial charge in [0.15, 0.2) is 11.6 Å². The van der Waals surface area contributed by atoms with Crippen LogP contribution in [0.1, 0.15) is 37.9 Å². The lowest BCUT2D eigenvalue weighted by Crippen LogP contribution is -2.19. The van der Waals surface area contributed by atoms with Gasteiger partial charge in [-0.2, -0.15) is 4.39 Å². The van der Waals surface area contributed by atoms with Crippen molar-refractivity contribution in [3.8, 4) is 28.0 Å². The molecule has 0 aromatic heterocycles. The van der Waals surface area contributed by atoms with Crippen molar-refractivity contribution in [1.29, 1.82) is 0 Å². The maximum Gasteiger partial charge on any atom is 0.201 e. The second kappa shape index (κ2) is 11.4. The van der Waals surface area contributed by atoms with E-state index in [-0.39, 0.29) is 29.8 Å². The number of rotatable bonds is 8. The maximum absolute atomic E-state index is 15.0. The van der Waals surface area contributed by atoms with E-state index in [0.29, 0.717) is 35.6 Å². The number of benzene rings is 3. The predicted molar refractivity (Wildman–Crippen MR) is 134 cm³/mol. The molecule has 2 atom stereocenters. The van der Waals surface area contributed by atoms with Crippen LogP contribution >= 0.6 is 0 Å². The van der Waals surface area contributed by atoms with E-state index >= 15 is 0 Å². The molecule has 1 aliphatic heterocycles. The highest BCUT2D eigenvalue weighted by Crippen LogP contribution is 2.35. The lowest BCUT2D eigenvalue weighted by molar-refractivity contribution is -0.00528. The number of hydrogen-bond donors (Lipinski definition) is 0. The highest BCUT2D eigenvalue weighted by Gasteiger charge is 2.22. The minimum atomic E-state index is -1.02. The van der Waals surface area contributed by atoms with Crippen LogP contribution in [0.25, 0.3) is 22.3 Å². The van der Waals surface area contributed by atoms with Gasteiger partial charge >= 0.3 is 0 Å².